The Labute approximate surface area is 212 Å². The van der Waals surface area contributed by atoms with Crippen molar-refractivity contribution in [3.05, 3.63) is 52.8 Å². The number of nitrogens with zero attached hydrogens (tertiary/aromatic N) is 5. The Hall–Kier alpha value is -3.46. The SMILES string of the molecule is CC(=O)Nc1ccc(C)cc1C(=O)N1CCCCC1c1cc2nc(N3CCCCC3)c(C)cn2n1.N. The van der Waals surface area contributed by atoms with Crippen LogP contribution < -0.4 is 16.4 Å². The van der Waals surface area contributed by atoms with Crippen molar-refractivity contribution in [2.45, 2.75) is 65.3 Å². The molecular weight excluding hydrogens is 454 g/mol. The molecule has 1 aromatic carbocycles. The maximum absolute atomic E-state index is 13.8. The highest BCUT2D eigenvalue weighted by Gasteiger charge is 2.32. The van der Waals surface area contributed by atoms with E-state index in [0.717, 1.165) is 60.6 Å². The van der Waals surface area contributed by atoms with Gasteiger partial charge in [0.25, 0.3) is 5.91 Å². The zero-order chi connectivity index (χ0) is 24.5. The summed E-state index contributed by atoms with van der Waals surface area (Å²) in [6.07, 6.45) is 8.60. The molecule has 0 aliphatic carbocycles. The summed E-state index contributed by atoms with van der Waals surface area (Å²) in [5.41, 5.74) is 4.86. The first-order valence-corrected chi connectivity index (χ1v) is 12.7. The minimum Gasteiger partial charge on any atom is -0.356 e. The van der Waals surface area contributed by atoms with Gasteiger partial charge in [-0.1, -0.05) is 11.6 Å². The Morgan fingerprint density at radius 2 is 1.75 bits per heavy atom. The second-order valence-corrected chi connectivity index (χ2v) is 9.91. The number of aryl methyl sites for hydroxylation is 2. The number of rotatable bonds is 4. The quantitative estimate of drug-likeness (QED) is 0.540. The van der Waals surface area contributed by atoms with Crippen LogP contribution in [0.1, 0.15) is 78.7 Å². The summed E-state index contributed by atoms with van der Waals surface area (Å²) in [5, 5.41) is 7.69. The number of carbonyl (C=O) groups excluding carboxylic acids is 2. The molecule has 4 N–H and O–H groups in total. The Morgan fingerprint density at radius 3 is 2.50 bits per heavy atom. The molecule has 2 aliphatic heterocycles. The second kappa shape index (κ2) is 10.7. The Morgan fingerprint density at radius 1 is 1.00 bits per heavy atom. The number of fused-ring (bicyclic) bond motifs is 1. The summed E-state index contributed by atoms with van der Waals surface area (Å²) >= 11 is 0. The molecule has 1 unspecified atom stereocenters. The van der Waals surface area contributed by atoms with Crippen LogP contribution in [-0.4, -0.2) is 50.9 Å². The summed E-state index contributed by atoms with van der Waals surface area (Å²) in [6, 6.07) is 7.49. The van der Waals surface area contributed by atoms with E-state index < -0.39 is 0 Å². The Balaban J connectivity index is 0.00000304. The summed E-state index contributed by atoms with van der Waals surface area (Å²) in [5.74, 6) is 0.779. The van der Waals surface area contributed by atoms with Gasteiger partial charge in [0.15, 0.2) is 5.65 Å². The van der Waals surface area contributed by atoms with Gasteiger partial charge >= 0.3 is 0 Å². The third kappa shape index (κ3) is 5.06. The number of hydrogen-bond acceptors (Lipinski definition) is 6. The van der Waals surface area contributed by atoms with Crippen molar-refractivity contribution in [1.82, 2.24) is 25.6 Å². The molecule has 4 heterocycles. The molecule has 0 radical (unpaired) electrons. The van der Waals surface area contributed by atoms with Crippen molar-refractivity contribution in [1.29, 1.82) is 0 Å². The maximum Gasteiger partial charge on any atom is 0.256 e. The number of benzene rings is 1. The molecule has 5 rings (SSSR count). The lowest BCUT2D eigenvalue weighted by Gasteiger charge is -2.35. The predicted octanol–water partition coefficient (Wildman–Crippen LogP) is 4.82. The number of hydrogen-bond donors (Lipinski definition) is 2. The lowest BCUT2D eigenvalue weighted by molar-refractivity contribution is -0.114. The number of piperidine rings is 2. The molecule has 3 aromatic rings. The lowest BCUT2D eigenvalue weighted by Crippen LogP contribution is -2.39. The fourth-order valence-corrected chi connectivity index (χ4v) is 5.38. The minimum atomic E-state index is -0.190. The van der Waals surface area contributed by atoms with Crippen LogP contribution in [0.15, 0.2) is 30.5 Å². The second-order valence-electron chi connectivity index (χ2n) is 9.91. The van der Waals surface area contributed by atoms with Gasteiger partial charge in [0.05, 0.1) is 23.0 Å². The molecule has 9 heteroatoms. The van der Waals surface area contributed by atoms with E-state index in [0.29, 0.717) is 17.8 Å². The monoisotopic (exact) mass is 491 g/mol. The molecule has 0 saturated carbocycles. The van der Waals surface area contributed by atoms with Gasteiger partial charge in [0, 0.05) is 44.4 Å². The molecule has 36 heavy (non-hydrogen) atoms. The van der Waals surface area contributed by atoms with Gasteiger partial charge in [-0.05, 0) is 64.5 Å². The van der Waals surface area contributed by atoms with Gasteiger partial charge in [-0.25, -0.2) is 9.50 Å². The van der Waals surface area contributed by atoms with Gasteiger partial charge in [0.1, 0.15) is 5.82 Å². The van der Waals surface area contributed by atoms with Crippen molar-refractivity contribution in [3.63, 3.8) is 0 Å². The number of likely N-dealkylation sites (tertiary alicyclic amines) is 1. The fourth-order valence-electron chi connectivity index (χ4n) is 5.38. The van der Waals surface area contributed by atoms with E-state index in [1.165, 1.54) is 26.2 Å². The van der Waals surface area contributed by atoms with Crippen LogP contribution in [0.2, 0.25) is 0 Å². The number of aromatic nitrogens is 3. The molecule has 2 aromatic heterocycles. The minimum absolute atomic E-state index is 0. The zero-order valence-electron chi connectivity index (χ0n) is 21.6. The van der Waals surface area contributed by atoms with Crippen molar-refractivity contribution >= 4 is 29.0 Å². The van der Waals surface area contributed by atoms with Crippen LogP contribution in [-0.2, 0) is 4.79 Å². The van der Waals surface area contributed by atoms with E-state index in [1.807, 2.05) is 40.6 Å². The molecular formula is C27H37N7O2. The third-order valence-corrected chi connectivity index (χ3v) is 7.10. The first-order chi connectivity index (χ1) is 16.9. The van der Waals surface area contributed by atoms with Crippen LogP contribution in [0.3, 0.4) is 0 Å². The van der Waals surface area contributed by atoms with Gasteiger partial charge in [0.2, 0.25) is 5.91 Å². The summed E-state index contributed by atoms with van der Waals surface area (Å²) < 4.78 is 1.85. The highest BCUT2D eigenvalue weighted by atomic mass is 16.2. The van der Waals surface area contributed by atoms with Crippen LogP contribution in [0.25, 0.3) is 5.65 Å². The third-order valence-electron chi connectivity index (χ3n) is 7.10. The highest BCUT2D eigenvalue weighted by Crippen LogP contribution is 2.34. The molecule has 2 aliphatic rings. The van der Waals surface area contributed by atoms with E-state index in [9.17, 15) is 9.59 Å². The molecule has 2 amide bonds. The summed E-state index contributed by atoms with van der Waals surface area (Å²) in [6.45, 7) is 8.26. The van der Waals surface area contributed by atoms with Crippen molar-refractivity contribution in [2.75, 3.05) is 29.9 Å². The number of carbonyl (C=O) groups is 2. The maximum atomic E-state index is 13.8. The lowest BCUT2D eigenvalue weighted by atomic mass is 9.97. The van der Waals surface area contributed by atoms with Crippen molar-refractivity contribution in [3.8, 4) is 0 Å². The van der Waals surface area contributed by atoms with Crippen LogP contribution in [0.4, 0.5) is 11.5 Å². The molecule has 1 atom stereocenters. The summed E-state index contributed by atoms with van der Waals surface area (Å²) in [7, 11) is 0. The largest absolute Gasteiger partial charge is 0.356 e. The molecule has 0 spiro atoms. The van der Waals surface area contributed by atoms with Crippen molar-refractivity contribution < 1.29 is 9.59 Å². The Kier molecular flexibility index (Phi) is 7.59. The van der Waals surface area contributed by atoms with E-state index >= 15 is 0 Å². The van der Waals surface area contributed by atoms with Crippen molar-refractivity contribution in [2.24, 2.45) is 0 Å². The number of amides is 2. The normalized spacial score (nSPS) is 18.1. The molecule has 2 saturated heterocycles. The van der Waals surface area contributed by atoms with E-state index in [2.05, 4.69) is 23.3 Å². The number of anilines is 2. The highest BCUT2D eigenvalue weighted by molar-refractivity contribution is 6.03. The van der Waals surface area contributed by atoms with E-state index in [4.69, 9.17) is 10.1 Å². The first kappa shape index (κ1) is 25.6. The average molecular weight is 492 g/mol. The smallest absolute Gasteiger partial charge is 0.256 e. The molecule has 192 valence electrons. The average Bonchev–Trinajstić information content (AvgIpc) is 3.27. The van der Waals surface area contributed by atoms with Gasteiger partial charge in [-0.2, -0.15) is 5.10 Å². The van der Waals surface area contributed by atoms with E-state index in [1.54, 1.807) is 0 Å². The van der Waals surface area contributed by atoms with Crippen LogP contribution >= 0.6 is 0 Å². The molecule has 0 bridgehead atoms. The topological polar surface area (TPSA) is 118 Å². The zero-order valence-corrected chi connectivity index (χ0v) is 21.6. The number of nitrogens with one attached hydrogen (secondary N) is 1. The van der Waals surface area contributed by atoms with Gasteiger partial charge < -0.3 is 21.3 Å². The Bertz CT molecular complexity index is 1260. The van der Waals surface area contributed by atoms with Crippen LogP contribution in [0.5, 0.6) is 0 Å². The van der Waals surface area contributed by atoms with Gasteiger partial charge in [-0.15, -0.1) is 0 Å². The van der Waals surface area contributed by atoms with Crippen LogP contribution in [0, 0.1) is 13.8 Å². The van der Waals surface area contributed by atoms with E-state index in [-0.39, 0.29) is 24.0 Å². The molecule has 9 nitrogen and oxygen atoms in total. The standard InChI is InChI=1S/C27H34N6O2.H3N/c1-18-10-11-22(28-20(3)34)21(15-18)27(35)32-14-8-5-9-24(32)23-16-25-29-26(19(2)17-33(25)30-23)31-12-6-4-7-13-31;/h10-11,15-17,24H,4-9,12-14H2,1-3H3,(H,28,34);1H3. The van der Waals surface area contributed by atoms with Gasteiger partial charge in [-0.3, -0.25) is 9.59 Å². The summed E-state index contributed by atoms with van der Waals surface area (Å²) in [4.78, 5) is 34.8. The predicted molar refractivity (Wildman–Crippen MR) is 142 cm³/mol. The first-order valence-electron chi connectivity index (χ1n) is 12.7. The molecule has 2 fully saturated rings. The fraction of sp³-hybridized carbons (Fsp3) is 0.481.